The van der Waals surface area contributed by atoms with E-state index in [0.717, 1.165) is 25.9 Å². The summed E-state index contributed by atoms with van der Waals surface area (Å²) in [5, 5.41) is 3.36. The zero-order valence-electron chi connectivity index (χ0n) is 15.4. The molecule has 0 radical (unpaired) electrons. The second-order valence-corrected chi connectivity index (χ2v) is 9.53. The molecule has 2 heterocycles. The van der Waals surface area contributed by atoms with Gasteiger partial charge >= 0.3 is 6.03 Å². The highest BCUT2D eigenvalue weighted by atomic mass is 35.5. The van der Waals surface area contributed by atoms with Crippen molar-refractivity contribution in [1.29, 1.82) is 0 Å². The molecule has 1 fully saturated rings. The number of carbonyl (C=O) groups is 1. The molecule has 9 nitrogen and oxygen atoms in total. The van der Waals surface area contributed by atoms with Crippen LogP contribution in [0.15, 0.2) is 23.4 Å². The first-order valence-electron chi connectivity index (χ1n) is 8.56. The van der Waals surface area contributed by atoms with Crippen LogP contribution in [0.3, 0.4) is 0 Å². The van der Waals surface area contributed by atoms with E-state index in [1.807, 2.05) is 9.62 Å². The molecule has 3 rings (SSSR count). The molecule has 1 saturated heterocycles. The molecule has 29 heavy (non-hydrogen) atoms. The number of thioether (sulfide) groups is 1. The summed E-state index contributed by atoms with van der Waals surface area (Å²) < 4.78 is 26.5. The summed E-state index contributed by atoms with van der Waals surface area (Å²) >= 11 is 13.1. The molecular weight excluding hydrogens is 459 g/mol. The molecule has 0 bridgehead atoms. The molecule has 0 unspecified atom stereocenters. The van der Waals surface area contributed by atoms with Gasteiger partial charge in [-0.15, -0.1) is 0 Å². The van der Waals surface area contributed by atoms with Crippen molar-refractivity contribution in [2.24, 2.45) is 0 Å². The molecule has 1 aromatic carbocycles. The Balaban J connectivity index is 1.70. The van der Waals surface area contributed by atoms with Crippen LogP contribution in [0.1, 0.15) is 18.4 Å². The van der Waals surface area contributed by atoms with Gasteiger partial charge in [0, 0.05) is 23.1 Å². The van der Waals surface area contributed by atoms with Gasteiger partial charge in [-0.3, -0.25) is 5.32 Å². The highest BCUT2D eigenvalue weighted by Crippen LogP contribution is 2.23. The van der Waals surface area contributed by atoms with Gasteiger partial charge in [0.25, 0.3) is 0 Å². The fourth-order valence-corrected chi connectivity index (χ4v) is 4.67. The van der Waals surface area contributed by atoms with E-state index in [4.69, 9.17) is 23.2 Å². The van der Waals surface area contributed by atoms with Crippen LogP contribution in [0.5, 0.6) is 0 Å². The lowest BCUT2D eigenvalue weighted by atomic mass is 10.2. The molecule has 2 amide bonds. The molecule has 1 aliphatic rings. The zero-order valence-corrected chi connectivity index (χ0v) is 18.5. The van der Waals surface area contributed by atoms with Gasteiger partial charge in [-0.2, -0.15) is 15.0 Å². The number of halogens is 2. The standard InChI is InChI=1S/C16H18Cl2N6O3S2/c1-28-16-21-13(19-14(22-16)24-6-2-3-7-24)20-15(25)23-29(26,27)9-10-4-5-11(17)8-12(10)18/h4-5,8H,2-3,6-7,9H2,1H3,(H2,19,20,21,22,23,25). The summed E-state index contributed by atoms with van der Waals surface area (Å²) in [4.78, 5) is 26.9. The number of nitrogens with zero attached hydrogens (tertiary/aromatic N) is 4. The number of carbonyl (C=O) groups excluding carboxylic acids is 1. The first-order chi connectivity index (χ1) is 13.8. The maximum Gasteiger partial charge on any atom is 0.335 e. The topological polar surface area (TPSA) is 117 Å². The fraction of sp³-hybridized carbons (Fsp3) is 0.375. The van der Waals surface area contributed by atoms with Gasteiger partial charge in [0.15, 0.2) is 5.16 Å². The first kappa shape index (κ1) is 21.9. The summed E-state index contributed by atoms with van der Waals surface area (Å²) in [6.45, 7) is 1.64. The number of rotatable bonds is 6. The second-order valence-electron chi connectivity index (χ2n) is 6.19. The van der Waals surface area contributed by atoms with Crippen molar-refractivity contribution in [3.8, 4) is 0 Å². The molecule has 1 aliphatic heterocycles. The van der Waals surface area contributed by atoms with Gasteiger partial charge in [0.2, 0.25) is 21.9 Å². The smallest absolute Gasteiger partial charge is 0.335 e. The van der Waals surface area contributed by atoms with Crippen molar-refractivity contribution in [1.82, 2.24) is 19.7 Å². The van der Waals surface area contributed by atoms with Crippen LogP contribution in [0, 0.1) is 0 Å². The summed E-state index contributed by atoms with van der Waals surface area (Å²) in [5.41, 5.74) is 0.317. The van der Waals surface area contributed by atoms with Gasteiger partial charge in [0.05, 0.1) is 5.75 Å². The summed E-state index contributed by atoms with van der Waals surface area (Å²) in [7, 11) is -4.01. The van der Waals surface area contributed by atoms with Crippen LogP contribution in [0.4, 0.5) is 16.7 Å². The molecule has 2 N–H and O–H groups in total. The van der Waals surface area contributed by atoms with Crippen molar-refractivity contribution in [2.45, 2.75) is 23.8 Å². The maximum atomic E-state index is 12.3. The summed E-state index contributed by atoms with van der Waals surface area (Å²) in [6.07, 6.45) is 3.87. The SMILES string of the molecule is CSc1nc(NC(=O)NS(=O)(=O)Cc2ccc(Cl)cc2Cl)nc(N2CCCC2)n1. The lowest BCUT2D eigenvalue weighted by Crippen LogP contribution is -2.36. The third-order valence-corrected chi connectivity index (χ3v) is 6.33. The molecule has 0 aliphatic carbocycles. The molecule has 0 atom stereocenters. The quantitative estimate of drug-likeness (QED) is 0.610. The minimum Gasteiger partial charge on any atom is -0.341 e. The van der Waals surface area contributed by atoms with Gasteiger partial charge in [0.1, 0.15) is 0 Å². The third kappa shape index (κ3) is 6.08. The highest BCUT2D eigenvalue weighted by molar-refractivity contribution is 7.98. The lowest BCUT2D eigenvalue weighted by molar-refractivity contribution is 0.256. The number of urea groups is 1. The monoisotopic (exact) mass is 476 g/mol. The van der Waals surface area contributed by atoms with E-state index >= 15 is 0 Å². The van der Waals surface area contributed by atoms with Crippen LogP contribution in [-0.2, 0) is 15.8 Å². The van der Waals surface area contributed by atoms with E-state index in [1.165, 1.54) is 30.0 Å². The van der Waals surface area contributed by atoms with Crippen molar-refractivity contribution < 1.29 is 13.2 Å². The molecule has 0 saturated carbocycles. The Hall–Kier alpha value is -1.82. The van der Waals surface area contributed by atoms with Gasteiger partial charge in [-0.1, -0.05) is 41.0 Å². The van der Waals surface area contributed by atoms with E-state index in [1.54, 1.807) is 6.26 Å². The van der Waals surface area contributed by atoms with E-state index in [0.29, 0.717) is 21.7 Å². The Bertz CT molecular complexity index is 1020. The largest absolute Gasteiger partial charge is 0.341 e. The normalized spacial score (nSPS) is 14.1. The number of aromatic nitrogens is 3. The van der Waals surface area contributed by atoms with Crippen LogP contribution < -0.4 is 14.9 Å². The average Bonchev–Trinajstić information content (AvgIpc) is 3.18. The van der Waals surface area contributed by atoms with E-state index < -0.39 is 21.8 Å². The molecule has 0 spiro atoms. The fourth-order valence-electron chi connectivity index (χ4n) is 2.70. The molecule has 1 aromatic heterocycles. The summed E-state index contributed by atoms with van der Waals surface area (Å²) in [5.74, 6) is -0.0562. The maximum absolute atomic E-state index is 12.3. The molecular formula is C16H18Cl2N6O3S2. The minimum atomic E-state index is -4.01. The van der Waals surface area contributed by atoms with Crippen LogP contribution in [0.2, 0.25) is 10.0 Å². The predicted octanol–water partition coefficient (Wildman–Crippen LogP) is 3.15. The highest BCUT2D eigenvalue weighted by Gasteiger charge is 2.21. The Morgan fingerprint density at radius 2 is 1.93 bits per heavy atom. The average molecular weight is 477 g/mol. The summed E-state index contributed by atoms with van der Waals surface area (Å²) in [6, 6.07) is 3.47. The Kier molecular flexibility index (Phi) is 7.04. The van der Waals surface area contributed by atoms with Crippen molar-refractivity contribution in [2.75, 3.05) is 29.6 Å². The Morgan fingerprint density at radius 3 is 2.59 bits per heavy atom. The Labute approximate surface area is 182 Å². The van der Waals surface area contributed by atoms with Crippen LogP contribution in [-0.4, -0.2) is 48.7 Å². The van der Waals surface area contributed by atoms with Crippen molar-refractivity contribution >= 4 is 62.9 Å². The van der Waals surface area contributed by atoms with Crippen molar-refractivity contribution in [3.63, 3.8) is 0 Å². The van der Waals surface area contributed by atoms with E-state index in [-0.39, 0.29) is 11.0 Å². The molecule has 156 valence electrons. The predicted molar refractivity (Wildman–Crippen MR) is 114 cm³/mol. The van der Waals surface area contributed by atoms with Crippen LogP contribution >= 0.6 is 35.0 Å². The molecule has 13 heteroatoms. The van der Waals surface area contributed by atoms with Crippen LogP contribution in [0.25, 0.3) is 0 Å². The number of amides is 2. The third-order valence-electron chi connectivity index (χ3n) is 4.01. The zero-order chi connectivity index (χ0) is 21.0. The minimum absolute atomic E-state index is 0.0246. The molecule has 2 aromatic rings. The number of nitrogens with one attached hydrogen (secondary N) is 2. The van der Waals surface area contributed by atoms with E-state index in [2.05, 4.69) is 20.3 Å². The number of hydrogen-bond acceptors (Lipinski definition) is 8. The first-order valence-corrected chi connectivity index (χ1v) is 12.2. The number of sulfonamides is 1. The number of benzene rings is 1. The number of hydrogen-bond donors (Lipinski definition) is 2. The van der Waals surface area contributed by atoms with Gasteiger partial charge in [-0.05, 0) is 36.8 Å². The Morgan fingerprint density at radius 1 is 1.21 bits per heavy atom. The lowest BCUT2D eigenvalue weighted by Gasteiger charge is -2.16. The van der Waals surface area contributed by atoms with Gasteiger partial charge < -0.3 is 4.90 Å². The van der Waals surface area contributed by atoms with E-state index in [9.17, 15) is 13.2 Å². The number of anilines is 2. The van der Waals surface area contributed by atoms with Crippen molar-refractivity contribution in [3.05, 3.63) is 33.8 Å². The second kappa shape index (κ2) is 9.33. The van der Waals surface area contributed by atoms with Gasteiger partial charge in [-0.25, -0.2) is 17.9 Å².